The van der Waals surface area contributed by atoms with Gasteiger partial charge in [0.05, 0.1) is 29.7 Å². The van der Waals surface area contributed by atoms with Crippen LogP contribution in [-0.4, -0.2) is 32.1 Å². The molecule has 2 atom stereocenters. The monoisotopic (exact) mass is 505 g/mol. The van der Waals surface area contributed by atoms with Gasteiger partial charge in [0.2, 0.25) is 0 Å². The molecule has 0 spiro atoms. The molecule has 2 aromatic heterocycles. The summed E-state index contributed by atoms with van der Waals surface area (Å²) in [4.78, 5) is 41.8. The highest BCUT2D eigenvalue weighted by atomic mass is 32.1. The zero-order valence-corrected chi connectivity index (χ0v) is 21.2. The van der Waals surface area contributed by atoms with Crippen LogP contribution in [0.15, 0.2) is 73.7 Å². The molecular formula is C28H27NO6S. The number of fused-ring (bicyclic) bond motifs is 1. The molecule has 0 unspecified atom stereocenters. The number of ketones is 1. The van der Waals surface area contributed by atoms with Crippen LogP contribution in [0.2, 0.25) is 0 Å². The van der Waals surface area contributed by atoms with Crippen molar-refractivity contribution in [1.82, 2.24) is 5.32 Å². The number of dihydropyridines is 1. The molecule has 3 heterocycles. The number of allylic oxidation sites excluding steroid dienone is 3. The van der Waals surface area contributed by atoms with E-state index >= 15 is 0 Å². The Morgan fingerprint density at radius 2 is 2.00 bits per heavy atom. The van der Waals surface area contributed by atoms with E-state index in [1.54, 1.807) is 30.4 Å². The smallest absolute Gasteiger partial charge is 0.336 e. The second-order valence-electron chi connectivity index (χ2n) is 9.18. The first-order valence-electron chi connectivity index (χ1n) is 11.8. The number of ether oxygens (including phenoxy) is 2. The predicted octanol–water partition coefficient (Wildman–Crippen LogP) is 4.71. The van der Waals surface area contributed by atoms with Crippen molar-refractivity contribution in [2.75, 3.05) is 20.3 Å². The Labute approximate surface area is 212 Å². The van der Waals surface area contributed by atoms with Crippen molar-refractivity contribution in [3.8, 4) is 0 Å². The van der Waals surface area contributed by atoms with Gasteiger partial charge in [-0.05, 0) is 43.8 Å². The van der Waals surface area contributed by atoms with Crippen molar-refractivity contribution in [3.63, 3.8) is 0 Å². The van der Waals surface area contributed by atoms with Crippen molar-refractivity contribution >= 4 is 34.1 Å². The van der Waals surface area contributed by atoms with E-state index in [0.717, 1.165) is 16.1 Å². The van der Waals surface area contributed by atoms with Gasteiger partial charge in [0.1, 0.15) is 12.2 Å². The van der Waals surface area contributed by atoms with E-state index in [1.807, 2.05) is 30.5 Å². The third kappa shape index (κ3) is 4.31. The second kappa shape index (κ2) is 9.87. The van der Waals surface area contributed by atoms with Crippen molar-refractivity contribution in [2.24, 2.45) is 0 Å². The van der Waals surface area contributed by atoms with Gasteiger partial charge in [0.15, 0.2) is 11.2 Å². The molecule has 0 amide bonds. The number of carbonyl (C=O) groups excluding carboxylic acids is 2. The molecule has 8 heteroatoms. The molecule has 0 saturated carbocycles. The lowest BCUT2D eigenvalue weighted by Gasteiger charge is -2.36. The largest absolute Gasteiger partial charge is 0.464 e. The first kappa shape index (κ1) is 24.2. The summed E-state index contributed by atoms with van der Waals surface area (Å²) < 4.78 is 16.3. The lowest BCUT2D eigenvalue weighted by atomic mass is 9.73. The van der Waals surface area contributed by atoms with Crippen LogP contribution in [0.25, 0.3) is 11.0 Å². The van der Waals surface area contributed by atoms with E-state index < -0.39 is 11.9 Å². The van der Waals surface area contributed by atoms with E-state index in [-0.39, 0.29) is 41.5 Å². The standard InChI is InChI=1S/C28H27NO6S/c1-15-6-7-22-18(11-15)27(31)19(14-35-22)25-24(28(32)34-9-8-33-3)16(2)29-20-12-17(13-21(30)26(20)25)23-5-4-10-36-23/h4-7,10-11,14,17,25,29H,8-9,12-13H2,1-3H3/t17-,25+/m0/s1. The maximum Gasteiger partial charge on any atom is 0.336 e. The van der Waals surface area contributed by atoms with E-state index in [0.29, 0.717) is 35.1 Å². The van der Waals surface area contributed by atoms with E-state index in [9.17, 15) is 14.4 Å². The summed E-state index contributed by atoms with van der Waals surface area (Å²) >= 11 is 1.63. The minimum absolute atomic E-state index is 0.0445. The van der Waals surface area contributed by atoms with Crippen LogP contribution in [0.5, 0.6) is 0 Å². The summed E-state index contributed by atoms with van der Waals surface area (Å²) in [5.41, 5.74) is 3.34. The van der Waals surface area contributed by atoms with Gasteiger partial charge in [-0.3, -0.25) is 9.59 Å². The quantitative estimate of drug-likeness (QED) is 0.383. The number of Topliss-reactive ketones (excluding diaryl/α,β-unsaturated/α-hetero) is 1. The Kier molecular flexibility index (Phi) is 6.64. The zero-order valence-electron chi connectivity index (χ0n) is 20.4. The fourth-order valence-corrected chi connectivity index (χ4v) is 5.93. The number of hydrogen-bond donors (Lipinski definition) is 1. The van der Waals surface area contributed by atoms with Crippen LogP contribution in [0, 0.1) is 6.92 Å². The molecule has 0 fully saturated rings. The van der Waals surface area contributed by atoms with Crippen LogP contribution in [0.3, 0.4) is 0 Å². The van der Waals surface area contributed by atoms with Crippen molar-refractivity contribution in [1.29, 1.82) is 0 Å². The number of thiophene rings is 1. The summed E-state index contributed by atoms with van der Waals surface area (Å²) in [6, 6.07) is 9.41. The van der Waals surface area contributed by atoms with Crippen LogP contribution in [0.1, 0.15) is 47.6 Å². The molecule has 1 aliphatic heterocycles. The first-order chi connectivity index (χ1) is 17.4. The molecule has 5 rings (SSSR count). The number of benzene rings is 1. The minimum atomic E-state index is -0.880. The van der Waals surface area contributed by atoms with Gasteiger partial charge in [-0.25, -0.2) is 4.79 Å². The van der Waals surface area contributed by atoms with Crippen LogP contribution in [0.4, 0.5) is 0 Å². The second-order valence-corrected chi connectivity index (χ2v) is 10.2. The number of carbonyl (C=O) groups is 2. The molecule has 0 radical (unpaired) electrons. The van der Waals surface area contributed by atoms with Gasteiger partial charge in [-0.2, -0.15) is 0 Å². The first-order valence-corrected chi connectivity index (χ1v) is 12.7. The molecular weight excluding hydrogens is 478 g/mol. The highest BCUT2D eigenvalue weighted by Crippen LogP contribution is 2.45. The molecule has 1 aromatic carbocycles. The zero-order chi connectivity index (χ0) is 25.4. The lowest BCUT2D eigenvalue weighted by molar-refractivity contribution is -0.140. The molecule has 36 heavy (non-hydrogen) atoms. The Hall–Kier alpha value is -3.49. The number of methoxy groups -OCH3 is 1. The molecule has 0 saturated heterocycles. The van der Waals surface area contributed by atoms with Gasteiger partial charge >= 0.3 is 5.97 Å². The lowest BCUT2D eigenvalue weighted by Crippen LogP contribution is -2.37. The third-order valence-corrected chi connectivity index (χ3v) is 7.81. The number of nitrogens with one attached hydrogen (secondary N) is 1. The normalized spacial score (nSPS) is 19.9. The van der Waals surface area contributed by atoms with Crippen molar-refractivity contribution < 1.29 is 23.5 Å². The summed E-state index contributed by atoms with van der Waals surface area (Å²) in [7, 11) is 1.52. The fraction of sp³-hybridized carbons (Fsp3) is 0.321. The average Bonchev–Trinajstić information content (AvgIpc) is 3.39. The Morgan fingerprint density at radius 3 is 2.75 bits per heavy atom. The molecule has 7 nitrogen and oxygen atoms in total. The molecule has 2 aliphatic rings. The maximum absolute atomic E-state index is 13.7. The summed E-state index contributed by atoms with van der Waals surface area (Å²) in [5, 5.41) is 5.72. The third-order valence-electron chi connectivity index (χ3n) is 6.78. The van der Waals surface area contributed by atoms with E-state index in [4.69, 9.17) is 13.9 Å². The molecule has 0 bridgehead atoms. The summed E-state index contributed by atoms with van der Waals surface area (Å²) in [5.74, 6) is -1.52. The summed E-state index contributed by atoms with van der Waals surface area (Å²) in [6.07, 6.45) is 2.30. The van der Waals surface area contributed by atoms with E-state index in [2.05, 4.69) is 5.32 Å². The van der Waals surface area contributed by atoms with Gasteiger partial charge < -0.3 is 19.2 Å². The SMILES string of the molecule is COCCOC(=O)C1=C(C)NC2=C(C(=O)C[C@@H](c3cccs3)C2)[C@@H]1c1coc2ccc(C)cc2c1=O. The highest BCUT2D eigenvalue weighted by molar-refractivity contribution is 7.10. The van der Waals surface area contributed by atoms with Gasteiger partial charge in [0.25, 0.3) is 0 Å². The number of aryl methyl sites for hydroxylation is 1. The fourth-order valence-electron chi connectivity index (χ4n) is 5.10. The number of esters is 1. The van der Waals surface area contributed by atoms with Crippen molar-refractivity contribution in [2.45, 2.75) is 38.5 Å². The highest BCUT2D eigenvalue weighted by Gasteiger charge is 2.43. The number of rotatable bonds is 6. The minimum Gasteiger partial charge on any atom is -0.464 e. The molecule has 186 valence electrons. The molecule has 1 aliphatic carbocycles. The van der Waals surface area contributed by atoms with Crippen molar-refractivity contribution in [3.05, 3.63) is 90.7 Å². The Bertz CT molecular complexity index is 1460. The molecule has 3 aromatic rings. The van der Waals surface area contributed by atoms with Gasteiger partial charge in [-0.1, -0.05) is 17.7 Å². The van der Waals surface area contributed by atoms with Gasteiger partial charge in [-0.15, -0.1) is 11.3 Å². The molecule has 1 N–H and O–H groups in total. The summed E-state index contributed by atoms with van der Waals surface area (Å²) in [6.45, 7) is 3.97. The maximum atomic E-state index is 13.7. The topological polar surface area (TPSA) is 94.8 Å². The van der Waals surface area contributed by atoms with Crippen LogP contribution < -0.4 is 10.7 Å². The predicted molar refractivity (Wildman–Crippen MR) is 137 cm³/mol. The van der Waals surface area contributed by atoms with Gasteiger partial charge in [0, 0.05) is 46.9 Å². The average molecular weight is 506 g/mol. The Morgan fingerprint density at radius 1 is 1.17 bits per heavy atom. The van der Waals surface area contributed by atoms with Crippen LogP contribution >= 0.6 is 11.3 Å². The number of hydrogen-bond acceptors (Lipinski definition) is 8. The van der Waals surface area contributed by atoms with E-state index in [1.165, 1.54) is 13.4 Å². The van der Waals surface area contributed by atoms with Crippen LogP contribution in [-0.2, 0) is 19.1 Å². The Balaban J connectivity index is 1.66.